The summed E-state index contributed by atoms with van der Waals surface area (Å²) in [5.74, 6) is 0.899. The largest absolute Gasteiger partial charge is 0.489 e. The van der Waals surface area contributed by atoms with Crippen molar-refractivity contribution in [2.75, 3.05) is 13.2 Å². The lowest BCUT2D eigenvalue weighted by Crippen LogP contribution is -2.07. The highest BCUT2D eigenvalue weighted by atomic mass is 16.5. The summed E-state index contributed by atoms with van der Waals surface area (Å²) in [5, 5.41) is 0. The van der Waals surface area contributed by atoms with Crippen LogP contribution in [0.1, 0.15) is 35.9 Å². The molecule has 0 saturated carbocycles. The van der Waals surface area contributed by atoms with E-state index in [1.165, 1.54) is 0 Å². The van der Waals surface area contributed by atoms with Crippen LogP contribution in [0.2, 0.25) is 0 Å². The first-order chi connectivity index (χ1) is 8.61. The molecule has 0 unspecified atom stereocenters. The molecule has 18 heavy (non-hydrogen) atoms. The van der Waals surface area contributed by atoms with Crippen molar-refractivity contribution in [1.82, 2.24) is 4.98 Å². The van der Waals surface area contributed by atoms with E-state index >= 15 is 0 Å². The van der Waals surface area contributed by atoms with Gasteiger partial charge in [-0.25, -0.2) is 0 Å². The molecular formula is C15H23NO2. The Hall–Kier alpha value is -1.35. The van der Waals surface area contributed by atoms with Crippen LogP contribution < -0.4 is 4.74 Å². The van der Waals surface area contributed by atoms with Gasteiger partial charge in [-0.1, -0.05) is 19.6 Å². The Morgan fingerprint density at radius 3 is 2.56 bits per heavy atom. The summed E-state index contributed by atoms with van der Waals surface area (Å²) in [6, 6.07) is 0. The second kappa shape index (κ2) is 7.17. The Bertz CT molecular complexity index is 413. The van der Waals surface area contributed by atoms with Gasteiger partial charge >= 0.3 is 0 Å². The maximum absolute atomic E-state index is 5.77. The van der Waals surface area contributed by atoms with Crippen molar-refractivity contribution in [2.45, 2.75) is 40.7 Å². The number of hydrogen-bond donors (Lipinski definition) is 0. The molecule has 0 radical (unpaired) electrons. The second-order valence-corrected chi connectivity index (χ2v) is 4.37. The average molecular weight is 249 g/mol. The molecule has 0 spiro atoms. The fourth-order valence-electron chi connectivity index (χ4n) is 1.78. The summed E-state index contributed by atoms with van der Waals surface area (Å²) >= 11 is 0. The number of hydrogen-bond acceptors (Lipinski definition) is 3. The van der Waals surface area contributed by atoms with Crippen molar-refractivity contribution in [3.8, 4) is 5.75 Å². The summed E-state index contributed by atoms with van der Waals surface area (Å²) in [6.07, 6.45) is 2.77. The molecule has 0 amide bonds. The Morgan fingerprint density at radius 1 is 1.22 bits per heavy atom. The first-order valence-corrected chi connectivity index (χ1v) is 6.39. The fourth-order valence-corrected chi connectivity index (χ4v) is 1.78. The van der Waals surface area contributed by atoms with Crippen LogP contribution in [-0.4, -0.2) is 18.2 Å². The highest BCUT2D eigenvalue weighted by Gasteiger charge is 2.14. The van der Waals surface area contributed by atoms with Crippen LogP contribution in [0.5, 0.6) is 5.75 Å². The number of aromatic nitrogens is 1. The van der Waals surface area contributed by atoms with E-state index in [0.717, 1.165) is 41.3 Å². The minimum atomic E-state index is 0.504. The van der Waals surface area contributed by atoms with Gasteiger partial charge in [-0.05, 0) is 27.2 Å². The van der Waals surface area contributed by atoms with Crippen molar-refractivity contribution >= 4 is 0 Å². The van der Waals surface area contributed by atoms with Crippen LogP contribution in [0.4, 0.5) is 0 Å². The normalized spacial score (nSPS) is 10.4. The number of rotatable bonds is 7. The summed E-state index contributed by atoms with van der Waals surface area (Å²) < 4.78 is 11.4. The molecule has 100 valence electrons. The van der Waals surface area contributed by atoms with Crippen LogP contribution in [0.15, 0.2) is 12.7 Å². The Labute approximate surface area is 110 Å². The number of ether oxygens (including phenoxy) is 2. The van der Waals surface area contributed by atoms with E-state index in [1.54, 1.807) is 6.08 Å². The summed E-state index contributed by atoms with van der Waals surface area (Å²) in [6.45, 7) is 13.6. The highest BCUT2D eigenvalue weighted by Crippen LogP contribution is 2.28. The lowest BCUT2D eigenvalue weighted by Gasteiger charge is -2.17. The average Bonchev–Trinajstić information content (AvgIpc) is 2.35. The quantitative estimate of drug-likeness (QED) is 0.547. The van der Waals surface area contributed by atoms with Crippen molar-refractivity contribution in [2.24, 2.45) is 0 Å². The van der Waals surface area contributed by atoms with Gasteiger partial charge in [0.05, 0.1) is 6.61 Å². The minimum absolute atomic E-state index is 0.504. The van der Waals surface area contributed by atoms with Crippen LogP contribution >= 0.6 is 0 Å². The molecule has 1 rings (SSSR count). The van der Waals surface area contributed by atoms with Crippen LogP contribution in [-0.2, 0) is 11.3 Å². The molecule has 3 heteroatoms. The number of aryl methyl sites for hydroxylation is 2. The zero-order valence-electron chi connectivity index (χ0n) is 11.9. The van der Waals surface area contributed by atoms with E-state index in [1.807, 2.05) is 20.8 Å². The first kappa shape index (κ1) is 14.7. The molecule has 0 bridgehead atoms. The van der Waals surface area contributed by atoms with E-state index in [4.69, 9.17) is 9.47 Å². The SMILES string of the molecule is C=CCOc1c(C)c(C)nc(C)c1COCCC. The van der Waals surface area contributed by atoms with Crippen LogP contribution in [0.3, 0.4) is 0 Å². The number of pyridine rings is 1. The van der Waals surface area contributed by atoms with Crippen molar-refractivity contribution < 1.29 is 9.47 Å². The van der Waals surface area contributed by atoms with Gasteiger partial charge in [-0.15, -0.1) is 0 Å². The Morgan fingerprint density at radius 2 is 1.94 bits per heavy atom. The third-order valence-electron chi connectivity index (χ3n) is 2.87. The minimum Gasteiger partial charge on any atom is -0.489 e. The fraction of sp³-hybridized carbons (Fsp3) is 0.533. The third-order valence-corrected chi connectivity index (χ3v) is 2.87. The van der Waals surface area contributed by atoms with E-state index in [9.17, 15) is 0 Å². The Kier molecular flexibility index (Phi) is 5.86. The molecule has 3 nitrogen and oxygen atoms in total. The number of nitrogens with zero attached hydrogens (tertiary/aromatic N) is 1. The molecular weight excluding hydrogens is 226 g/mol. The maximum atomic E-state index is 5.77. The van der Waals surface area contributed by atoms with E-state index in [-0.39, 0.29) is 0 Å². The molecule has 0 fully saturated rings. The van der Waals surface area contributed by atoms with Gasteiger partial charge in [0, 0.05) is 29.1 Å². The smallest absolute Gasteiger partial charge is 0.131 e. The first-order valence-electron chi connectivity index (χ1n) is 6.39. The molecule has 0 aliphatic rings. The molecule has 0 aliphatic carbocycles. The van der Waals surface area contributed by atoms with E-state index in [0.29, 0.717) is 13.2 Å². The van der Waals surface area contributed by atoms with Crippen molar-refractivity contribution in [3.05, 3.63) is 35.2 Å². The van der Waals surface area contributed by atoms with Crippen molar-refractivity contribution in [3.63, 3.8) is 0 Å². The second-order valence-electron chi connectivity index (χ2n) is 4.37. The van der Waals surface area contributed by atoms with Crippen LogP contribution in [0.25, 0.3) is 0 Å². The predicted molar refractivity (Wildman–Crippen MR) is 74.1 cm³/mol. The molecule has 0 N–H and O–H groups in total. The van der Waals surface area contributed by atoms with Gasteiger partial charge in [0.1, 0.15) is 12.4 Å². The third kappa shape index (κ3) is 3.57. The van der Waals surface area contributed by atoms with Crippen molar-refractivity contribution in [1.29, 1.82) is 0 Å². The monoisotopic (exact) mass is 249 g/mol. The predicted octanol–water partition coefficient (Wildman–Crippen LogP) is 3.50. The molecule has 0 aromatic carbocycles. The molecule has 0 saturated heterocycles. The van der Waals surface area contributed by atoms with Gasteiger partial charge in [0.2, 0.25) is 0 Å². The molecule has 1 aromatic heterocycles. The topological polar surface area (TPSA) is 31.4 Å². The van der Waals surface area contributed by atoms with Gasteiger partial charge in [-0.3, -0.25) is 4.98 Å². The standard InChI is InChI=1S/C15H23NO2/c1-6-8-17-10-14-13(5)16-12(4)11(3)15(14)18-9-7-2/h7H,2,6,8-10H2,1,3-5H3. The molecule has 0 atom stereocenters. The maximum Gasteiger partial charge on any atom is 0.131 e. The van der Waals surface area contributed by atoms with Crippen LogP contribution in [0, 0.1) is 20.8 Å². The Balaban J connectivity index is 3.03. The zero-order valence-corrected chi connectivity index (χ0v) is 11.9. The summed E-state index contributed by atoms with van der Waals surface area (Å²) in [5.41, 5.74) is 4.12. The molecule has 1 aromatic rings. The summed E-state index contributed by atoms with van der Waals surface area (Å²) in [4.78, 5) is 4.53. The lowest BCUT2D eigenvalue weighted by molar-refractivity contribution is 0.118. The molecule has 0 aliphatic heterocycles. The van der Waals surface area contributed by atoms with E-state index in [2.05, 4.69) is 18.5 Å². The molecule has 1 heterocycles. The van der Waals surface area contributed by atoms with Gasteiger partial charge in [-0.2, -0.15) is 0 Å². The van der Waals surface area contributed by atoms with Gasteiger partial charge in [0.15, 0.2) is 0 Å². The summed E-state index contributed by atoms with van der Waals surface area (Å²) in [7, 11) is 0. The highest BCUT2D eigenvalue weighted by molar-refractivity contribution is 5.44. The van der Waals surface area contributed by atoms with Gasteiger partial charge < -0.3 is 9.47 Å². The van der Waals surface area contributed by atoms with Gasteiger partial charge in [0.25, 0.3) is 0 Å². The lowest BCUT2D eigenvalue weighted by atomic mass is 10.1. The van der Waals surface area contributed by atoms with E-state index < -0.39 is 0 Å². The zero-order chi connectivity index (χ0) is 13.5.